The van der Waals surface area contributed by atoms with Gasteiger partial charge >= 0.3 is 0 Å². The summed E-state index contributed by atoms with van der Waals surface area (Å²) in [4.78, 5) is 17.6. The average Bonchev–Trinajstić information content (AvgIpc) is 2.64. The third-order valence-electron chi connectivity index (χ3n) is 6.01. The van der Waals surface area contributed by atoms with Crippen LogP contribution in [-0.4, -0.2) is 66.1 Å². The summed E-state index contributed by atoms with van der Waals surface area (Å²) in [5, 5.41) is 13.3. The largest absolute Gasteiger partial charge is 0.507 e. The predicted octanol–water partition coefficient (Wildman–Crippen LogP) is 2.38. The molecule has 2 heterocycles. The van der Waals surface area contributed by atoms with Gasteiger partial charge in [0.2, 0.25) is 0 Å². The van der Waals surface area contributed by atoms with E-state index in [9.17, 15) is 9.90 Å². The van der Waals surface area contributed by atoms with Crippen LogP contribution in [0.5, 0.6) is 5.75 Å². The summed E-state index contributed by atoms with van der Waals surface area (Å²) < 4.78 is 0. The van der Waals surface area contributed by atoms with E-state index in [1.54, 1.807) is 6.07 Å². The van der Waals surface area contributed by atoms with Gasteiger partial charge in [0, 0.05) is 12.1 Å². The highest BCUT2D eigenvalue weighted by Crippen LogP contribution is 2.31. The van der Waals surface area contributed by atoms with Crippen LogP contribution < -0.4 is 5.32 Å². The van der Waals surface area contributed by atoms with Crippen molar-refractivity contribution in [1.29, 1.82) is 0 Å². The summed E-state index contributed by atoms with van der Waals surface area (Å²) in [5.74, 6) is -0.0769. The Balaban J connectivity index is 1.72. The molecular weight excluding hydrogens is 314 g/mol. The SMILES string of the molecule is Cc1cccc(C(=O)NCC2(N3CCCCC3)CCN(C)CC2)c1O. The Morgan fingerprint density at radius 2 is 1.84 bits per heavy atom. The highest BCUT2D eigenvalue weighted by atomic mass is 16.3. The fraction of sp³-hybridized carbons (Fsp3) is 0.650. The van der Waals surface area contributed by atoms with E-state index in [0.29, 0.717) is 12.1 Å². The summed E-state index contributed by atoms with van der Waals surface area (Å²) in [7, 11) is 2.17. The molecular formula is C20H31N3O2. The third-order valence-corrected chi connectivity index (χ3v) is 6.01. The number of hydrogen-bond donors (Lipinski definition) is 2. The van der Waals surface area contributed by atoms with Crippen LogP contribution >= 0.6 is 0 Å². The fourth-order valence-electron chi connectivity index (χ4n) is 4.19. The molecule has 138 valence electrons. The number of piperidine rings is 2. The zero-order chi connectivity index (χ0) is 17.9. The quantitative estimate of drug-likeness (QED) is 0.880. The molecule has 2 fully saturated rings. The first kappa shape index (κ1) is 18.2. The Morgan fingerprint density at radius 1 is 1.16 bits per heavy atom. The van der Waals surface area contributed by atoms with Crippen LogP contribution in [0.25, 0.3) is 0 Å². The highest BCUT2D eigenvalue weighted by Gasteiger charge is 2.39. The lowest BCUT2D eigenvalue weighted by Gasteiger charge is -2.50. The highest BCUT2D eigenvalue weighted by molar-refractivity contribution is 5.97. The van der Waals surface area contributed by atoms with Gasteiger partial charge < -0.3 is 15.3 Å². The van der Waals surface area contributed by atoms with Crippen molar-refractivity contribution < 1.29 is 9.90 Å². The number of nitrogens with zero attached hydrogens (tertiary/aromatic N) is 2. The van der Waals surface area contributed by atoms with E-state index >= 15 is 0 Å². The Morgan fingerprint density at radius 3 is 2.52 bits per heavy atom. The molecule has 0 spiro atoms. The monoisotopic (exact) mass is 345 g/mol. The molecule has 25 heavy (non-hydrogen) atoms. The number of hydrogen-bond acceptors (Lipinski definition) is 4. The smallest absolute Gasteiger partial charge is 0.255 e. The first-order valence-electron chi connectivity index (χ1n) is 9.52. The molecule has 3 rings (SSSR count). The molecule has 0 aromatic heterocycles. The van der Waals surface area contributed by atoms with Gasteiger partial charge in [-0.05, 0) is 77.5 Å². The van der Waals surface area contributed by atoms with E-state index in [1.165, 1.54) is 19.3 Å². The van der Waals surface area contributed by atoms with Gasteiger partial charge in [0.1, 0.15) is 5.75 Å². The number of para-hydroxylation sites is 1. The predicted molar refractivity (Wildman–Crippen MR) is 100 cm³/mol. The minimum absolute atomic E-state index is 0.0576. The molecule has 1 aromatic rings. The molecule has 2 saturated heterocycles. The molecule has 1 aromatic carbocycles. The van der Waals surface area contributed by atoms with E-state index in [0.717, 1.165) is 44.6 Å². The topological polar surface area (TPSA) is 55.8 Å². The molecule has 2 aliphatic heterocycles. The van der Waals surface area contributed by atoms with E-state index in [4.69, 9.17) is 0 Å². The van der Waals surface area contributed by atoms with Crippen molar-refractivity contribution in [2.45, 2.75) is 44.6 Å². The van der Waals surface area contributed by atoms with Crippen LogP contribution in [0.4, 0.5) is 0 Å². The lowest BCUT2D eigenvalue weighted by Crippen LogP contribution is -2.61. The van der Waals surface area contributed by atoms with Crippen LogP contribution in [0.1, 0.15) is 48.0 Å². The molecule has 5 heteroatoms. The zero-order valence-corrected chi connectivity index (χ0v) is 15.6. The molecule has 0 radical (unpaired) electrons. The van der Waals surface area contributed by atoms with Crippen molar-refractivity contribution in [2.75, 3.05) is 39.8 Å². The Kier molecular flexibility index (Phi) is 5.64. The summed E-state index contributed by atoms with van der Waals surface area (Å²) in [5.41, 5.74) is 1.17. The van der Waals surface area contributed by atoms with Gasteiger partial charge in [0.05, 0.1) is 5.56 Å². The molecule has 0 aliphatic carbocycles. The molecule has 5 nitrogen and oxygen atoms in total. The molecule has 2 N–H and O–H groups in total. The first-order chi connectivity index (χ1) is 12.0. The van der Waals surface area contributed by atoms with Crippen molar-refractivity contribution in [1.82, 2.24) is 15.1 Å². The lowest BCUT2D eigenvalue weighted by molar-refractivity contribution is 0.0145. The van der Waals surface area contributed by atoms with Crippen LogP contribution in [0.3, 0.4) is 0 Å². The Hall–Kier alpha value is -1.59. The van der Waals surface area contributed by atoms with Crippen molar-refractivity contribution in [3.05, 3.63) is 29.3 Å². The van der Waals surface area contributed by atoms with Gasteiger partial charge in [-0.25, -0.2) is 0 Å². The maximum absolute atomic E-state index is 12.6. The number of carbonyl (C=O) groups excluding carboxylic acids is 1. The van der Waals surface area contributed by atoms with Crippen molar-refractivity contribution in [3.8, 4) is 5.75 Å². The number of phenolic OH excluding ortho intramolecular Hbond substituents is 1. The van der Waals surface area contributed by atoms with Crippen LogP contribution in [0.2, 0.25) is 0 Å². The molecule has 0 unspecified atom stereocenters. The lowest BCUT2D eigenvalue weighted by atomic mass is 9.84. The van der Waals surface area contributed by atoms with Gasteiger partial charge in [-0.2, -0.15) is 0 Å². The number of benzene rings is 1. The zero-order valence-electron chi connectivity index (χ0n) is 15.6. The van der Waals surface area contributed by atoms with E-state index in [-0.39, 0.29) is 17.2 Å². The number of phenols is 1. The van der Waals surface area contributed by atoms with Gasteiger partial charge in [0.15, 0.2) is 0 Å². The number of aryl methyl sites for hydroxylation is 1. The fourth-order valence-corrected chi connectivity index (χ4v) is 4.19. The van der Waals surface area contributed by atoms with E-state index in [1.807, 2.05) is 19.1 Å². The Labute approximate surface area is 151 Å². The number of carbonyl (C=O) groups is 1. The van der Waals surface area contributed by atoms with Gasteiger partial charge in [0.25, 0.3) is 5.91 Å². The van der Waals surface area contributed by atoms with Gasteiger partial charge in [-0.15, -0.1) is 0 Å². The molecule has 0 saturated carbocycles. The maximum Gasteiger partial charge on any atom is 0.255 e. The minimum atomic E-state index is -0.170. The van der Waals surface area contributed by atoms with E-state index < -0.39 is 0 Å². The van der Waals surface area contributed by atoms with Crippen molar-refractivity contribution >= 4 is 5.91 Å². The number of rotatable bonds is 4. The second-order valence-electron chi connectivity index (χ2n) is 7.73. The molecule has 2 aliphatic rings. The summed E-state index contributed by atoms with van der Waals surface area (Å²) in [6.45, 7) is 6.89. The second kappa shape index (κ2) is 7.75. The van der Waals surface area contributed by atoms with Crippen LogP contribution in [0.15, 0.2) is 18.2 Å². The van der Waals surface area contributed by atoms with Crippen molar-refractivity contribution in [2.24, 2.45) is 0 Å². The molecule has 1 amide bonds. The summed E-state index contributed by atoms with van der Waals surface area (Å²) in [6, 6.07) is 5.33. The van der Waals surface area contributed by atoms with Crippen LogP contribution in [0, 0.1) is 6.92 Å². The van der Waals surface area contributed by atoms with Gasteiger partial charge in [-0.3, -0.25) is 9.69 Å². The summed E-state index contributed by atoms with van der Waals surface area (Å²) >= 11 is 0. The third kappa shape index (κ3) is 3.98. The average molecular weight is 345 g/mol. The molecule has 0 atom stereocenters. The van der Waals surface area contributed by atoms with Gasteiger partial charge in [-0.1, -0.05) is 18.6 Å². The van der Waals surface area contributed by atoms with E-state index in [2.05, 4.69) is 22.2 Å². The maximum atomic E-state index is 12.6. The number of amides is 1. The van der Waals surface area contributed by atoms with Crippen LogP contribution in [-0.2, 0) is 0 Å². The number of nitrogens with one attached hydrogen (secondary N) is 1. The normalized spacial score (nSPS) is 21.8. The van der Waals surface area contributed by atoms with Crippen molar-refractivity contribution in [3.63, 3.8) is 0 Å². The summed E-state index contributed by atoms with van der Waals surface area (Å²) in [6.07, 6.45) is 6.00. The standard InChI is InChI=1S/C20H31N3O2/c1-16-7-6-8-17(18(16)24)19(25)21-15-20(9-13-22(2)14-10-20)23-11-4-3-5-12-23/h6-8,24H,3-5,9-15H2,1-2H3,(H,21,25). The number of aromatic hydroxyl groups is 1. The number of likely N-dealkylation sites (tertiary alicyclic amines) is 2. The Bertz CT molecular complexity index is 603. The minimum Gasteiger partial charge on any atom is -0.507 e. The second-order valence-corrected chi connectivity index (χ2v) is 7.73. The first-order valence-corrected chi connectivity index (χ1v) is 9.52. The molecule has 0 bridgehead atoms.